The summed E-state index contributed by atoms with van der Waals surface area (Å²) in [4.78, 5) is 23.0. The summed E-state index contributed by atoms with van der Waals surface area (Å²) in [5.41, 5.74) is 3.65. The van der Waals surface area contributed by atoms with Crippen molar-refractivity contribution in [2.24, 2.45) is 0 Å². The first-order valence-corrected chi connectivity index (χ1v) is 7.25. The van der Waals surface area contributed by atoms with Crippen molar-refractivity contribution in [1.82, 2.24) is 19.4 Å². The lowest BCUT2D eigenvalue weighted by atomic mass is 10.4. The van der Waals surface area contributed by atoms with Gasteiger partial charge >= 0.3 is 0 Å². The molecule has 20 heavy (non-hydrogen) atoms. The molecule has 3 aromatic heterocycles. The van der Waals surface area contributed by atoms with Crippen molar-refractivity contribution in [2.45, 2.75) is 24.8 Å². The molecule has 1 N–H and O–H groups in total. The number of hydrogen-bond acceptors (Lipinski definition) is 4. The van der Waals surface area contributed by atoms with Gasteiger partial charge in [-0.2, -0.15) is 0 Å². The second-order valence-corrected chi connectivity index (χ2v) is 5.57. The van der Waals surface area contributed by atoms with E-state index in [0.717, 1.165) is 22.7 Å². The molecule has 0 atom stereocenters. The number of nitrogens with zero attached hydrogens (tertiary/aromatic N) is 3. The first kappa shape index (κ1) is 12.9. The highest BCUT2D eigenvalue weighted by Gasteiger charge is 2.05. The minimum Gasteiger partial charge on any atom is -0.304 e. The van der Waals surface area contributed by atoms with Crippen LogP contribution in [0.4, 0.5) is 0 Å². The van der Waals surface area contributed by atoms with Gasteiger partial charge in [-0.15, -0.1) is 0 Å². The molecule has 3 aromatic rings. The second-order valence-electron chi connectivity index (χ2n) is 4.61. The van der Waals surface area contributed by atoms with Crippen LogP contribution < -0.4 is 5.56 Å². The third-order valence-corrected chi connectivity index (χ3v) is 3.86. The van der Waals surface area contributed by atoms with Crippen LogP contribution in [0.15, 0.2) is 40.4 Å². The van der Waals surface area contributed by atoms with E-state index in [0.29, 0.717) is 10.9 Å². The lowest BCUT2D eigenvalue weighted by Gasteiger charge is -1.99. The highest BCUT2D eigenvalue weighted by Crippen LogP contribution is 2.18. The fourth-order valence-electron chi connectivity index (χ4n) is 2.03. The smallest absolute Gasteiger partial charge is 0.251 e. The number of nitrogens with one attached hydrogen (secondary N) is 1. The highest BCUT2D eigenvalue weighted by atomic mass is 32.2. The van der Waals surface area contributed by atoms with Crippen molar-refractivity contribution < 1.29 is 0 Å². The minimum absolute atomic E-state index is 0.120. The number of thioether (sulfide) groups is 1. The van der Waals surface area contributed by atoms with Crippen molar-refractivity contribution in [3.8, 4) is 0 Å². The fraction of sp³-hybridized carbons (Fsp3) is 0.214. The monoisotopic (exact) mass is 286 g/mol. The summed E-state index contributed by atoms with van der Waals surface area (Å²) in [5, 5.41) is 0.628. The van der Waals surface area contributed by atoms with Gasteiger partial charge in [-0.25, -0.2) is 9.97 Å². The standard InChI is InChI=1S/C14H14N4OS/c1-9-6-13(19)17-14(15-9)20-8-11-7-18-10(2)4-3-5-12(18)16-11/h3-7H,8H2,1-2H3,(H,15,17,19). The molecular formula is C14H14N4OS. The molecule has 0 amide bonds. The van der Waals surface area contributed by atoms with Gasteiger partial charge in [0.05, 0.1) is 5.69 Å². The van der Waals surface area contributed by atoms with E-state index in [1.165, 1.54) is 17.8 Å². The molecule has 3 heterocycles. The van der Waals surface area contributed by atoms with E-state index in [-0.39, 0.29) is 5.56 Å². The molecule has 3 rings (SSSR count). The Hall–Kier alpha value is -2.08. The quantitative estimate of drug-likeness (QED) is 0.593. The van der Waals surface area contributed by atoms with E-state index in [1.54, 1.807) is 0 Å². The van der Waals surface area contributed by atoms with E-state index >= 15 is 0 Å². The van der Waals surface area contributed by atoms with Gasteiger partial charge in [0.25, 0.3) is 5.56 Å². The number of pyridine rings is 1. The van der Waals surface area contributed by atoms with Gasteiger partial charge in [0.15, 0.2) is 5.16 Å². The summed E-state index contributed by atoms with van der Waals surface area (Å²) >= 11 is 1.48. The first-order valence-electron chi connectivity index (χ1n) is 6.26. The third kappa shape index (κ3) is 2.60. The zero-order valence-corrected chi connectivity index (χ0v) is 12.1. The van der Waals surface area contributed by atoms with Crippen LogP contribution in [0.25, 0.3) is 5.65 Å². The summed E-state index contributed by atoms with van der Waals surface area (Å²) in [6.45, 7) is 3.86. The molecule has 0 fully saturated rings. The average molecular weight is 286 g/mol. The Labute approximate surface area is 120 Å². The molecule has 0 saturated heterocycles. The lowest BCUT2D eigenvalue weighted by Crippen LogP contribution is -2.08. The predicted molar refractivity (Wildman–Crippen MR) is 79.1 cm³/mol. The fourth-order valence-corrected chi connectivity index (χ4v) is 2.84. The predicted octanol–water partition coefficient (Wildman–Crippen LogP) is 2.33. The first-order chi connectivity index (χ1) is 9.61. The van der Waals surface area contributed by atoms with Gasteiger partial charge < -0.3 is 9.38 Å². The van der Waals surface area contributed by atoms with Gasteiger partial charge in [0, 0.05) is 29.4 Å². The summed E-state index contributed by atoms with van der Waals surface area (Å²) in [5.74, 6) is 0.674. The molecule has 0 bridgehead atoms. The van der Waals surface area contributed by atoms with E-state index in [1.807, 2.05) is 38.2 Å². The Balaban J connectivity index is 1.83. The Morgan fingerprint density at radius 2 is 2.15 bits per heavy atom. The number of aromatic nitrogens is 4. The Bertz CT molecular complexity index is 821. The molecule has 0 radical (unpaired) electrons. The molecule has 0 spiro atoms. The normalized spacial score (nSPS) is 11.1. The SMILES string of the molecule is Cc1cc(=O)[nH]c(SCc2cn3c(C)cccc3n2)n1. The van der Waals surface area contributed by atoms with Crippen LogP contribution in [0.1, 0.15) is 17.1 Å². The molecule has 0 aliphatic carbocycles. The van der Waals surface area contributed by atoms with Crippen LogP contribution in [-0.4, -0.2) is 19.4 Å². The van der Waals surface area contributed by atoms with Crippen molar-refractivity contribution >= 4 is 17.4 Å². The average Bonchev–Trinajstić information content (AvgIpc) is 2.80. The zero-order valence-electron chi connectivity index (χ0n) is 11.3. The summed E-state index contributed by atoms with van der Waals surface area (Å²) < 4.78 is 2.06. The zero-order chi connectivity index (χ0) is 14.1. The van der Waals surface area contributed by atoms with Gasteiger partial charge in [-0.3, -0.25) is 4.79 Å². The molecule has 0 aliphatic heterocycles. The number of rotatable bonds is 3. The van der Waals surface area contributed by atoms with Crippen LogP contribution >= 0.6 is 11.8 Å². The van der Waals surface area contributed by atoms with Gasteiger partial charge in [-0.1, -0.05) is 17.8 Å². The Morgan fingerprint density at radius 1 is 1.30 bits per heavy atom. The number of aromatic amines is 1. The molecule has 0 aliphatic rings. The number of fused-ring (bicyclic) bond motifs is 1. The Kier molecular flexibility index (Phi) is 3.31. The van der Waals surface area contributed by atoms with E-state index in [2.05, 4.69) is 19.4 Å². The van der Waals surface area contributed by atoms with Gasteiger partial charge in [0.1, 0.15) is 5.65 Å². The topological polar surface area (TPSA) is 63.0 Å². The molecule has 0 unspecified atom stereocenters. The van der Waals surface area contributed by atoms with Crippen LogP contribution in [0, 0.1) is 13.8 Å². The molecule has 0 aromatic carbocycles. The maximum atomic E-state index is 11.4. The number of H-pyrrole nitrogens is 1. The van der Waals surface area contributed by atoms with Gasteiger partial charge in [0.2, 0.25) is 0 Å². The van der Waals surface area contributed by atoms with E-state index in [4.69, 9.17) is 0 Å². The summed E-state index contributed by atoms with van der Waals surface area (Å²) in [6, 6.07) is 7.51. The summed E-state index contributed by atoms with van der Waals surface area (Å²) in [7, 11) is 0. The Morgan fingerprint density at radius 3 is 2.90 bits per heavy atom. The summed E-state index contributed by atoms with van der Waals surface area (Å²) in [6.07, 6.45) is 2.02. The molecule has 5 nitrogen and oxygen atoms in total. The third-order valence-electron chi connectivity index (χ3n) is 2.95. The minimum atomic E-state index is -0.120. The van der Waals surface area contributed by atoms with Crippen molar-refractivity contribution in [3.63, 3.8) is 0 Å². The van der Waals surface area contributed by atoms with Crippen LogP contribution in [-0.2, 0) is 5.75 Å². The van der Waals surface area contributed by atoms with E-state index < -0.39 is 0 Å². The van der Waals surface area contributed by atoms with E-state index in [9.17, 15) is 4.79 Å². The van der Waals surface area contributed by atoms with Gasteiger partial charge in [-0.05, 0) is 26.0 Å². The molecule has 102 valence electrons. The molecule has 6 heteroatoms. The lowest BCUT2D eigenvalue weighted by molar-refractivity contribution is 0.904. The molecular weight excluding hydrogens is 272 g/mol. The number of imidazole rings is 1. The van der Waals surface area contributed by atoms with Crippen LogP contribution in [0.3, 0.4) is 0 Å². The largest absolute Gasteiger partial charge is 0.304 e. The number of hydrogen-bond donors (Lipinski definition) is 1. The van der Waals surface area contributed by atoms with Crippen molar-refractivity contribution in [2.75, 3.05) is 0 Å². The second kappa shape index (κ2) is 5.13. The maximum absolute atomic E-state index is 11.4. The van der Waals surface area contributed by atoms with Crippen LogP contribution in [0.5, 0.6) is 0 Å². The van der Waals surface area contributed by atoms with Crippen molar-refractivity contribution in [3.05, 3.63) is 57.9 Å². The number of aryl methyl sites for hydroxylation is 2. The highest BCUT2D eigenvalue weighted by molar-refractivity contribution is 7.98. The van der Waals surface area contributed by atoms with Crippen LogP contribution in [0.2, 0.25) is 0 Å². The maximum Gasteiger partial charge on any atom is 0.251 e. The molecule has 0 saturated carbocycles. The van der Waals surface area contributed by atoms with Crippen molar-refractivity contribution in [1.29, 1.82) is 0 Å².